The first-order chi connectivity index (χ1) is 9.20. The van der Waals surface area contributed by atoms with E-state index in [0.29, 0.717) is 11.1 Å². The van der Waals surface area contributed by atoms with Crippen molar-refractivity contribution in [1.29, 1.82) is 5.26 Å². The van der Waals surface area contributed by atoms with E-state index in [4.69, 9.17) is 5.26 Å². The third-order valence-electron chi connectivity index (χ3n) is 2.60. The summed E-state index contributed by atoms with van der Waals surface area (Å²) in [7, 11) is 0. The van der Waals surface area contributed by atoms with E-state index in [1.807, 2.05) is 30.3 Å². The maximum Gasteiger partial charge on any atom is 0.185 e. The van der Waals surface area contributed by atoms with Gasteiger partial charge in [-0.25, -0.2) is 0 Å². The van der Waals surface area contributed by atoms with E-state index >= 15 is 0 Å². The van der Waals surface area contributed by atoms with Gasteiger partial charge < -0.3 is 0 Å². The van der Waals surface area contributed by atoms with Gasteiger partial charge in [-0.05, 0) is 35.9 Å². The van der Waals surface area contributed by atoms with Crippen molar-refractivity contribution in [1.82, 2.24) is 0 Å². The fourth-order valence-corrected chi connectivity index (χ4v) is 2.03. The third-order valence-corrected chi connectivity index (χ3v) is 3.32. The van der Waals surface area contributed by atoms with Gasteiger partial charge in [0, 0.05) is 10.0 Å². The summed E-state index contributed by atoms with van der Waals surface area (Å²) in [4.78, 5) is 12.0. The lowest BCUT2D eigenvalue weighted by atomic mass is 10.1. The highest BCUT2D eigenvalue weighted by Crippen LogP contribution is 2.17. The van der Waals surface area contributed by atoms with Crippen LogP contribution in [0.4, 0.5) is 0 Å². The number of nitrogens with zero attached hydrogens (tertiary/aromatic N) is 1. The Morgan fingerprint density at radius 1 is 1.16 bits per heavy atom. The van der Waals surface area contributed by atoms with Crippen molar-refractivity contribution >= 4 is 27.8 Å². The van der Waals surface area contributed by atoms with Gasteiger partial charge in [0.15, 0.2) is 5.78 Å². The summed E-state index contributed by atoms with van der Waals surface area (Å²) in [5.74, 6) is -0.118. The third kappa shape index (κ3) is 3.40. The standard InChI is InChI=1S/C16H10BrNO/c17-15-7-2-1-5-13(15)8-9-16(19)14-6-3-4-12(10-14)11-18/h1-10H/b9-8+. The van der Waals surface area contributed by atoms with Crippen molar-refractivity contribution in [3.05, 3.63) is 75.8 Å². The molecule has 3 heteroatoms. The van der Waals surface area contributed by atoms with Gasteiger partial charge in [0.2, 0.25) is 0 Å². The number of allylic oxidation sites excluding steroid dienone is 1. The Hall–Kier alpha value is -2.18. The van der Waals surface area contributed by atoms with Crippen LogP contribution in [-0.2, 0) is 0 Å². The first-order valence-electron chi connectivity index (χ1n) is 5.68. The molecule has 0 fully saturated rings. The second-order valence-corrected chi connectivity index (χ2v) is 4.77. The van der Waals surface area contributed by atoms with Crippen molar-refractivity contribution in [3.63, 3.8) is 0 Å². The zero-order valence-corrected chi connectivity index (χ0v) is 11.6. The fourth-order valence-electron chi connectivity index (χ4n) is 1.61. The predicted octanol–water partition coefficient (Wildman–Crippen LogP) is 4.22. The van der Waals surface area contributed by atoms with Crippen LogP contribution >= 0.6 is 15.9 Å². The van der Waals surface area contributed by atoms with Gasteiger partial charge in [-0.1, -0.05) is 46.3 Å². The molecule has 0 N–H and O–H groups in total. The lowest BCUT2D eigenvalue weighted by Gasteiger charge is -1.98. The molecular formula is C16H10BrNO. The number of rotatable bonds is 3. The molecule has 0 aliphatic carbocycles. The number of nitriles is 1. The fraction of sp³-hybridized carbons (Fsp3) is 0. The second kappa shape index (κ2) is 6.12. The monoisotopic (exact) mass is 311 g/mol. The SMILES string of the molecule is N#Cc1cccc(C(=O)/C=C/c2ccccc2Br)c1. The summed E-state index contributed by atoms with van der Waals surface area (Å²) in [6, 6.07) is 16.4. The van der Waals surface area contributed by atoms with Crippen LogP contribution < -0.4 is 0 Å². The van der Waals surface area contributed by atoms with E-state index in [0.717, 1.165) is 10.0 Å². The number of benzene rings is 2. The van der Waals surface area contributed by atoms with Gasteiger partial charge in [0.05, 0.1) is 11.6 Å². The van der Waals surface area contributed by atoms with Crippen molar-refractivity contribution in [3.8, 4) is 6.07 Å². The zero-order valence-electron chi connectivity index (χ0n) is 10.0. The van der Waals surface area contributed by atoms with Crippen LogP contribution in [0.3, 0.4) is 0 Å². The number of ketones is 1. The molecule has 0 radical (unpaired) electrons. The van der Waals surface area contributed by atoms with E-state index in [1.165, 1.54) is 6.08 Å². The minimum atomic E-state index is -0.118. The molecular weight excluding hydrogens is 302 g/mol. The van der Waals surface area contributed by atoms with Crippen LogP contribution in [0.5, 0.6) is 0 Å². The highest BCUT2D eigenvalue weighted by Gasteiger charge is 2.03. The Kier molecular flexibility index (Phi) is 4.27. The van der Waals surface area contributed by atoms with E-state index in [9.17, 15) is 4.79 Å². The number of hydrogen-bond donors (Lipinski definition) is 0. The van der Waals surface area contributed by atoms with Gasteiger partial charge in [-0.3, -0.25) is 4.79 Å². The molecule has 2 rings (SSSR count). The molecule has 0 saturated carbocycles. The van der Waals surface area contributed by atoms with E-state index in [1.54, 1.807) is 30.3 Å². The lowest BCUT2D eigenvalue weighted by Crippen LogP contribution is -1.94. The minimum absolute atomic E-state index is 0.118. The summed E-state index contributed by atoms with van der Waals surface area (Å²) < 4.78 is 0.935. The first kappa shape index (κ1) is 13.3. The van der Waals surface area contributed by atoms with Crippen molar-refractivity contribution in [2.45, 2.75) is 0 Å². The molecule has 0 amide bonds. The molecule has 19 heavy (non-hydrogen) atoms. The van der Waals surface area contributed by atoms with Gasteiger partial charge in [0.25, 0.3) is 0 Å². The van der Waals surface area contributed by atoms with Crippen molar-refractivity contribution in [2.75, 3.05) is 0 Å². The van der Waals surface area contributed by atoms with Crippen molar-refractivity contribution < 1.29 is 4.79 Å². The van der Waals surface area contributed by atoms with Crippen molar-refractivity contribution in [2.24, 2.45) is 0 Å². The highest BCUT2D eigenvalue weighted by atomic mass is 79.9. The Balaban J connectivity index is 2.22. The zero-order chi connectivity index (χ0) is 13.7. The molecule has 2 nitrogen and oxygen atoms in total. The summed E-state index contributed by atoms with van der Waals surface area (Å²) >= 11 is 3.42. The Labute approximate surface area is 120 Å². The minimum Gasteiger partial charge on any atom is -0.289 e. The Bertz CT molecular complexity index is 683. The summed E-state index contributed by atoms with van der Waals surface area (Å²) in [6.07, 6.45) is 3.27. The average molecular weight is 312 g/mol. The number of hydrogen-bond acceptors (Lipinski definition) is 2. The van der Waals surface area contributed by atoms with Crippen LogP contribution in [0.2, 0.25) is 0 Å². The average Bonchev–Trinajstić information content (AvgIpc) is 2.46. The number of carbonyl (C=O) groups is 1. The molecule has 0 unspecified atom stereocenters. The molecule has 92 valence electrons. The van der Waals surface area contributed by atoms with Crippen LogP contribution in [-0.4, -0.2) is 5.78 Å². The smallest absolute Gasteiger partial charge is 0.185 e. The molecule has 2 aromatic carbocycles. The molecule has 0 heterocycles. The molecule has 2 aromatic rings. The molecule has 0 aromatic heterocycles. The maximum absolute atomic E-state index is 12.0. The Morgan fingerprint density at radius 2 is 1.95 bits per heavy atom. The largest absolute Gasteiger partial charge is 0.289 e. The topological polar surface area (TPSA) is 40.9 Å². The predicted molar refractivity (Wildman–Crippen MR) is 78.7 cm³/mol. The molecule has 0 saturated heterocycles. The summed E-state index contributed by atoms with van der Waals surface area (Å²) in [5.41, 5.74) is 1.94. The van der Waals surface area contributed by atoms with E-state index < -0.39 is 0 Å². The highest BCUT2D eigenvalue weighted by molar-refractivity contribution is 9.10. The summed E-state index contributed by atoms with van der Waals surface area (Å²) in [6.45, 7) is 0. The summed E-state index contributed by atoms with van der Waals surface area (Å²) in [5, 5.41) is 8.80. The quantitative estimate of drug-likeness (QED) is 0.629. The van der Waals surface area contributed by atoms with E-state index in [2.05, 4.69) is 15.9 Å². The van der Waals surface area contributed by atoms with Gasteiger partial charge in [-0.15, -0.1) is 0 Å². The van der Waals surface area contributed by atoms with Crippen LogP contribution in [0.1, 0.15) is 21.5 Å². The van der Waals surface area contributed by atoms with Gasteiger partial charge in [0.1, 0.15) is 0 Å². The van der Waals surface area contributed by atoms with Crippen LogP contribution in [0, 0.1) is 11.3 Å². The molecule has 0 bridgehead atoms. The maximum atomic E-state index is 12.0. The second-order valence-electron chi connectivity index (χ2n) is 3.91. The van der Waals surface area contributed by atoms with Gasteiger partial charge >= 0.3 is 0 Å². The molecule has 0 aliphatic rings. The Morgan fingerprint density at radius 3 is 2.68 bits per heavy atom. The normalized spacial score (nSPS) is 10.3. The number of halogens is 1. The van der Waals surface area contributed by atoms with Crippen LogP contribution in [0.15, 0.2) is 59.1 Å². The molecule has 0 spiro atoms. The van der Waals surface area contributed by atoms with Crippen LogP contribution in [0.25, 0.3) is 6.08 Å². The first-order valence-corrected chi connectivity index (χ1v) is 6.47. The van der Waals surface area contributed by atoms with Gasteiger partial charge in [-0.2, -0.15) is 5.26 Å². The number of carbonyl (C=O) groups excluding carboxylic acids is 1. The molecule has 0 aliphatic heterocycles. The molecule has 0 atom stereocenters. The lowest BCUT2D eigenvalue weighted by molar-refractivity contribution is 0.104. The van der Waals surface area contributed by atoms with E-state index in [-0.39, 0.29) is 5.78 Å².